The van der Waals surface area contributed by atoms with Gasteiger partial charge in [-0.3, -0.25) is 4.79 Å². The number of hydrogen-bond acceptors (Lipinski definition) is 4. The fourth-order valence-electron chi connectivity index (χ4n) is 1.33. The van der Waals surface area contributed by atoms with E-state index in [9.17, 15) is 4.79 Å². The van der Waals surface area contributed by atoms with Crippen LogP contribution in [0.4, 0.5) is 11.4 Å². The summed E-state index contributed by atoms with van der Waals surface area (Å²) in [6.45, 7) is 0.675. The minimum Gasteiger partial charge on any atom is -0.399 e. The smallest absolute Gasteiger partial charge is 0.251 e. The molecule has 0 aromatic heterocycles. The quantitative estimate of drug-likeness (QED) is 0.535. The first kappa shape index (κ1) is 12.7. The van der Waals surface area contributed by atoms with E-state index in [0.717, 1.165) is 12.2 Å². The molecule has 0 aliphatic carbocycles. The Morgan fingerprint density at radius 3 is 2.50 bits per heavy atom. The van der Waals surface area contributed by atoms with Gasteiger partial charge >= 0.3 is 0 Å². The van der Waals surface area contributed by atoms with Gasteiger partial charge in [0.1, 0.15) is 0 Å². The van der Waals surface area contributed by atoms with Crippen LogP contribution in [0, 0.1) is 0 Å². The standard InChI is InChI=1S/C11H17N3OS/c1-16-4-2-3-14-11(15)8-5-9(12)7-10(13)6-8/h5-7H,2-4,12-13H2,1H3,(H,14,15). The Labute approximate surface area is 99.8 Å². The number of carbonyl (C=O) groups excluding carboxylic acids is 1. The van der Waals surface area contributed by atoms with Crippen LogP contribution < -0.4 is 16.8 Å². The Bertz CT molecular complexity index is 348. The lowest BCUT2D eigenvalue weighted by Crippen LogP contribution is -2.25. The number of amides is 1. The summed E-state index contributed by atoms with van der Waals surface area (Å²) in [5.41, 5.74) is 12.8. The minimum absolute atomic E-state index is 0.125. The van der Waals surface area contributed by atoms with Crippen molar-refractivity contribution in [2.45, 2.75) is 6.42 Å². The molecule has 0 heterocycles. The van der Waals surface area contributed by atoms with E-state index in [1.807, 2.05) is 6.26 Å². The second-order valence-electron chi connectivity index (χ2n) is 3.49. The number of rotatable bonds is 5. The molecular weight excluding hydrogens is 222 g/mol. The number of nitrogens with one attached hydrogen (secondary N) is 1. The molecule has 0 saturated carbocycles. The zero-order valence-corrected chi connectivity index (χ0v) is 10.1. The van der Waals surface area contributed by atoms with E-state index in [4.69, 9.17) is 11.5 Å². The molecule has 0 bridgehead atoms. The molecule has 1 aromatic rings. The second kappa shape index (κ2) is 6.27. The van der Waals surface area contributed by atoms with Crippen LogP contribution in [-0.4, -0.2) is 24.5 Å². The number of benzene rings is 1. The number of thioether (sulfide) groups is 1. The molecule has 1 aromatic carbocycles. The fourth-order valence-corrected chi connectivity index (χ4v) is 1.76. The number of hydrogen-bond donors (Lipinski definition) is 3. The highest BCUT2D eigenvalue weighted by atomic mass is 32.2. The van der Waals surface area contributed by atoms with Crippen LogP contribution in [0.15, 0.2) is 18.2 Å². The predicted octanol–water partition coefficient (Wildman–Crippen LogP) is 1.33. The highest BCUT2D eigenvalue weighted by Gasteiger charge is 2.05. The summed E-state index contributed by atoms with van der Waals surface area (Å²) in [5.74, 6) is 0.916. The Hall–Kier alpha value is -1.36. The predicted molar refractivity (Wildman–Crippen MR) is 70.6 cm³/mol. The maximum Gasteiger partial charge on any atom is 0.251 e. The highest BCUT2D eigenvalue weighted by molar-refractivity contribution is 7.98. The Kier molecular flexibility index (Phi) is 4.98. The van der Waals surface area contributed by atoms with Gasteiger partial charge in [-0.05, 0) is 36.6 Å². The average molecular weight is 239 g/mol. The minimum atomic E-state index is -0.125. The summed E-state index contributed by atoms with van der Waals surface area (Å²) in [4.78, 5) is 11.7. The van der Waals surface area contributed by atoms with E-state index < -0.39 is 0 Å². The zero-order valence-electron chi connectivity index (χ0n) is 9.32. The summed E-state index contributed by atoms with van der Waals surface area (Å²) in [7, 11) is 0. The van der Waals surface area contributed by atoms with E-state index in [1.165, 1.54) is 0 Å². The highest BCUT2D eigenvalue weighted by Crippen LogP contribution is 2.13. The molecule has 16 heavy (non-hydrogen) atoms. The van der Waals surface area contributed by atoms with Crippen molar-refractivity contribution in [1.29, 1.82) is 0 Å². The van der Waals surface area contributed by atoms with Crippen molar-refractivity contribution < 1.29 is 4.79 Å². The van der Waals surface area contributed by atoms with Gasteiger partial charge in [-0.2, -0.15) is 11.8 Å². The lowest BCUT2D eigenvalue weighted by molar-refractivity contribution is 0.0954. The van der Waals surface area contributed by atoms with E-state index in [2.05, 4.69) is 5.32 Å². The number of nitrogens with two attached hydrogens (primary N) is 2. The third-order valence-corrected chi connectivity index (χ3v) is 2.75. The van der Waals surface area contributed by atoms with Gasteiger partial charge in [-0.15, -0.1) is 0 Å². The molecule has 0 unspecified atom stereocenters. The van der Waals surface area contributed by atoms with E-state index in [-0.39, 0.29) is 5.91 Å². The largest absolute Gasteiger partial charge is 0.399 e. The lowest BCUT2D eigenvalue weighted by Gasteiger charge is -2.06. The second-order valence-corrected chi connectivity index (χ2v) is 4.48. The van der Waals surface area contributed by atoms with Crippen LogP contribution in [0.2, 0.25) is 0 Å². The van der Waals surface area contributed by atoms with Crippen molar-refractivity contribution in [2.24, 2.45) is 0 Å². The van der Waals surface area contributed by atoms with Gasteiger partial charge in [0.15, 0.2) is 0 Å². The van der Waals surface area contributed by atoms with Crippen molar-refractivity contribution in [3.05, 3.63) is 23.8 Å². The summed E-state index contributed by atoms with van der Waals surface area (Å²) in [6.07, 6.45) is 3.01. The Morgan fingerprint density at radius 2 is 1.94 bits per heavy atom. The van der Waals surface area contributed by atoms with Crippen molar-refractivity contribution in [3.8, 4) is 0 Å². The monoisotopic (exact) mass is 239 g/mol. The summed E-state index contributed by atoms with van der Waals surface area (Å²) in [6, 6.07) is 4.88. The molecule has 1 amide bonds. The summed E-state index contributed by atoms with van der Waals surface area (Å²) < 4.78 is 0. The van der Waals surface area contributed by atoms with Crippen LogP contribution in [0.25, 0.3) is 0 Å². The molecule has 0 fully saturated rings. The molecule has 0 atom stereocenters. The van der Waals surface area contributed by atoms with Crippen LogP contribution in [0.3, 0.4) is 0 Å². The van der Waals surface area contributed by atoms with Crippen molar-refractivity contribution in [3.63, 3.8) is 0 Å². The van der Waals surface area contributed by atoms with Gasteiger partial charge in [0, 0.05) is 23.5 Å². The molecule has 0 aliphatic heterocycles. The Morgan fingerprint density at radius 1 is 1.31 bits per heavy atom. The number of nitrogen functional groups attached to an aromatic ring is 2. The molecule has 5 N–H and O–H groups in total. The van der Waals surface area contributed by atoms with E-state index >= 15 is 0 Å². The van der Waals surface area contributed by atoms with E-state index in [1.54, 1.807) is 30.0 Å². The molecule has 0 aliphatic rings. The fraction of sp³-hybridized carbons (Fsp3) is 0.364. The number of anilines is 2. The van der Waals surface area contributed by atoms with Crippen LogP contribution in [0.5, 0.6) is 0 Å². The van der Waals surface area contributed by atoms with Gasteiger partial charge in [0.2, 0.25) is 0 Å². The molecule has 0 radical (unpaired) electrons. The van der Waals surface area contributed by atoms with Gasteiger partial charge in [0.05, 0.1) is 0 Å². The van der Waals surface area contributed by atoms with Crippen molar-refractivity contribution in [1.82, 2.24) is 5.32 Å². The van der Waals surface area contributed by atoms with Crippen LogP contribution >= 0.6 is 11.8 Å². The first-order chi connectivity index (χ1) is 7.63. The Balaban J connectivity index is 2.52. The van der Waals surface area contributed by atoms with Gasteiger partial charge in [-0.25, -0.2) is 0 Å². The number of carbonyl (C=O) groups is 1. The summed E-state index contributed by atoms with van der Waals surface area (Å²) >= 11 is 1.76. The average Bonchev–Trinajstić information content (AvgIpc) is 2.22. The third-order valence-electron chi connectivity index (χ3n) is 2.05. The van der Waals surface area contributed by atoms with E-state index in [0.29, 0.717) is 23.5 Å². The molecule has 88 valence electrons. The van der Waals surface area contributed by atoms with Crippen molar-refractivity contribution >= 4 is 29.0 Å². The molecule has 5 heteroatoms. The van der Waals surface area contributed by atoms with Crippen LogP contribution in [-0.2, 0) is 0 Å². The SMILES string of the molecule is CSCCCNC(=O)c1cc(N)cc(N)c1. The first-order valence-corrected chi connectivity index (χ1v) is 6.46. The molecule has 0 spiro atoms. The van der Waals surface area contributed by atoms with Crippen LogP contribution in [0.1, 0.15) is 16.8 Å². The van der Waals surface area contributed by atoms with Gasteiger partial charge in [0.25, 0.3) is 5.91 Å². The maximum atomic E-state index is 11.7. The normalized spacial score (nSPS) is 10.1. The summed E-state index contributed by atoms with van der Waals surface area (Å²) in [5, 5.41) is 2.82. The topological polar surface area (TPSA) is 81.1 Å². The van der Waals surface area contributed by atoms with Gasteiger partial charge in [-0.1, -0.05) is 0 Å². The zero-order chi connectivity index (χ0) is 12.0. The first-order valence-electron chi connectivity index (χ1n) is 5.06. The lowest BCUT2D eigenvalue weighted by atomic mass is 10.1. The van der Waals surface area contributed by atoms with Gasteiger partial charge < -0.3 is 16.8 Å². The third kappa shape index (κ3) is 4.02. The molecule has 4 nitrogen and oxygen atoms in total. The van der Waals surface area contributed by atoms with Crippen molar-refractivity contribution in [2.75, 3.05) is 30.0 Å². The maximum absolute atomic E-state index is 11.7. The molecule has 1 rings (SSSR count). The molecule has 0 saturated heterocycles. The molecular formula is C11H17N3OS.